The first-order valence-corrected chi connectivity index (χ1v) is 12.5. The third kappa shape index (κ3) is 6.53. The van der Waals surface area contributed by atoms with Crippen LogP contribution in [-0.4, -0.2) is 45.1 Å². The summed E-state index contributed by atoms with van der Waals surface area (Å²) in [6, 6.07) is 29.6. The van der Waals surface area contributed by atoms with Crippen molar-refractivity contribution in [3.63, 3.8) is 0 Å². The third-order valence-corrected chi connectivity index (χ3v) is 6.04. The lowest BCUT2D eigenvalue weighted by Gasteiger charge is -2.29. The van der Waals surface area contributed by atoms with E-state index in [1.807, 2.05) is 95.7 Å². The maximum absolute atomic E-state index is 10.8. The van der Waals surface area contributed by atoms with E-state index in [1.165, 1.54) is 0 Å². The van der Waals surface area contributed by atoms with Gasteiger partial charge in [0.25, 0.3) is 0 Å². The van der Waals surface area contributed by atoms with Gasteiger partial charge in [-0.25, -0.2) is 4.68 Å². The van der Waals surface area contributed by atoms with Crippen LogP contribution in [0.25, 0.3) is 5.69 Å². The maximum Gasteiger partial charge on any atom is 0.227 e. The molecule has 4 aromatic rings. The Morgan fingerprint density at radius 2 is 1.44 bits per heavy atom. The number of aromatic nitrogens is 2. The number of para-hydroxylation sites is 3. The van der Waals surface area contributed by atoms with Gasteiger partial charge in [-0.2, -0.15) is 5.10 Å². The van der Waals surface area contributed by atoms with Gasteiger partial charge in [0.2, 0.25) is 5.88 Å². The Morgan fingerprint density at radius 1 is 0.861 bits per heavy atom. The molecule has 36 heavy (non-hydrogen) atoms. The van der Waals surface area contributed by atoms with Gasteiger partial charge < -0.3 is 14.6 Å². The second kappa shape index (κ2) is 12.4. The number of aliphatic hydroxyl groups is 1. The van der Waals surface area contributed by atoms with Crippen molar-refractivity contribution in [2.45, 2.75) is 45.9 Å². The largest absolute Gasteiger partial charge is 0.491 e. The van der Waals surface area contributed by atoms with Gasteiger partial charge in [-0.15, -0.1) is 0 Å². The van der Waals surface area contributed by atoms with Crippen molar-refractivity contribution in [1.29, 1.82) is 0 Å². The Bertz CT molecular complexity index is 1190. The van der Waals surface area contributed by atoms with Gasteiger partial charge in [-0.3, -0.25) is 4.90 Å². The molecule has 1 N–H and O–H groups in total. The molecule has 4 rings (SSSR count). The molecule has 1 heterocycles. The fourth-order valence-corrected chi connectivity index (χ4v) is 4.06. The molecule has 6 nitrogen and oxygen atoms in total. The molecule has 0 bridgehead atoms. The monoisotopic (exact) mass is 485 g/mol. The summed E-state index contributed by atoms with van der Waals surface area (Å²) >= 11 is 0. The summed E-state index contributed by atoms with van der Waals surface area (Å²) in [5, 5.41) is 15.7. The van der Waals surface area contributed by atoms with Crippen LogP contribution in [0, 0.1) is 0 Å². The number of hydrogen-bond acceptors (Lipinski definition) is 5. The van der Waals surface area contributed by atoms with Gasteiger partial charge in [0.1, 0.15) is 24.2 Å². The molecular weight excluding hydrogens is 450 g/mol. The van der Waals surface area contributed by atoms with E-state index in [-0.39, 0.29) is 12.6 Å². The highest BCUT2D eigenvalue weighted by Gasteiger charge is 2.25. The number of rotatable bonds is 12. The fraction of sp³-hybridized carbons (Fsp3) is 0.300. The van der Waals surface area contributed by atoms with Crippen LogP contribution in [0.3, 0.4) is 0 Å². The van der Waals surface area contributed by atoms with E-state index in [1.54, 1.807) is 0 Å². The van der Waals surface area contributed by atoms with E-state index >= 15 is 0 Å². The summed E-state index contributed by atoms with van der Waals surface area (Å²) in [4.78, 5) is 2.24. The van der Waals surface area contributed by atoms with E-state index in [9.17, 15) is 5.11 Å². The van der Waals surface area contributed by atoms with E-state index in [0.29, 0.717) is 19.0 Å². The van der Waals surface area contributed by atoms with Crippen molar-refractivity contribution in [3.8, 4) is 23.1 Å². The van der Waals surface area contributed by atoms with Gasteiger partial charge in [0.05, 0.1) is 16.9 Å². The van der Waals surface area contributed by atoms with Crippen LogP contribution in [0.2, 0.25) is 0 Å². The third-order valence-electron chi connectivity index (χ3n) is 6.04. The average Bonchev–Trinajstić information content (AvgIpc) is 3.25. The van der Waals surface area contributed by atoms with E-state index in [2.05, 4.69) is 25.7 Å². The van der Waals surface area contributed by atoms with E-state index in [0.717, 1.165) is 34.9 Å². The summed E-state index contributed by atoms with van der Waals surface area (Å²) in [5.74, 6) is 2.21. The summed E-state index contributed by atoms with van der Waals surface area (Å²) in [7, 11) is 0. The van der Waals surface area contributed by atoms with Crippen LogP contribution in [-0.2, 0) is 13.0 Å². The Hall–Kier alpha value is -3.61. The predicted octanol–water partition coefficient (Wildman–Crippen LogP) is 5.88. The lowest BCUT2D eigenvalue weighted by molar-refractivity contribution is 0.0539. The van der Waals surface area contributed by atoms with Crippen molar-refractivity contribution in [2.24, 2.45) is 0 Å². The second-order valence-corrected chi connectivity index (χ2v) is 9.05. The molecule has 0 aliphatic rings. The first-order valence-electron chi connectivity index (χ1n) is 12.5. The molecule has 3 aromatic carbocycles. The van der Waals surface area contributed by atoms with Crippen molar-refractivity contribution < 1.29 is 14.6 Å². The molecule has 0 fully saturated rings. The predicted molar refractivity (Wildman–Crippen MR) is 143 cm³/mol. The molecule has 0 amide bonds. The van der Waals surface area contributed by atoms with Gasteiger partial charge in [-0.05, 0) is 56.7 Å². The minimum Gasteiger partial charge on any atom is -0.491 e. The first-order chi connectivity index (χ1) is 17.5. The Labute approximate surface area is 213 Å². The highest BCUT2D eigenvalue weighted by Crippen LogP contribution is 2.32. The fourth-order valence-electron chi connectivity index (χ4n) is 4.06. The molecule has 188 valence electrons. The molecule has 6 heteroatoms. The second-order valence-electron chi connectivity index (χ2n) is 9.05. The molecule has 1 atom stereocenters. The lowest BCUT2D eigenvalue weighted by atomic mass is 10.1. The van der Waals surface area contributed by atoms with Crippen LogP contribution in [0.4, 0.5) is 0 Å². The number of benzene rings is 3. The van der Waals surface area contributed by atoms with Gasteiger partial charge in [-0.1, -0.05) is 61.5 Å². The van der Waals surface area contributed by atoms with Gasteiger partial charge >= 0.3 is 0 Å². The molecule has 0 spiro atoms. The summed E-state index contributed by atoms with van der Waals surface area (Å²) in [6.45, 7) is 7.67. The molecule has 0 saturated heterocycles. The summed E-state index contributed by atoms with van der Waals surface area (Å²) < 4.78 is 14.1. The zero-order chi connectivity index (χ0) is 25.3. The number of nitrogens with zero attached hydrogens (tertiary/aromatic N) is 3. The lowest BCUT2D eigenvalue weighted by Crippen LogP contribution is -2.39. The van der Waals surface area contributed by atoms with Crippen LogP contribution in [0.15, 0.2) is 91.0 Å². The minimum atomic E-state index is -0.639. The topological polar surface area (TPSA) is 59.8 Å². The van der Waals surface area contributed by atoms with Crippen LogP contribution in [0.5, 0.6) is 17.4 Å². The molecule has 0 aliphatic carbocycles. The summed E-state index contributed by atoms with van der Waals surface area (Å²) in [6.07, 6.45) is 0.131. The van der Waals surface area contributed by atoms with Gasteiger partial charge in [0, 0.05) is 19.1 Å². The number of aliphatic hydroxyl groups excluding tert-OH is 1. The van der Waals surface area contributed by atoms with Gasteiger partial charge in [0.15, 0.2) is 0 Å². The number of hydrogen-bond donors (Lipinski definition) is 1. The Balaban J connectivity index is 1.60. The quantitative estimate of drug-likeness (QED) is 0.272. The molecule has 0 unspecified atom stereocenters. The Morgan fingerprint density at radius 3 is 2.03 bits per heavy atom. The zero-order valence-corrected chi connectivity index (χ0v) is 21.2. The van der Waals surface area contributed by atoms with Crippen molar-refractivity contribution in [3.05, 3.63) is 102 Å². The smallest absolute Gasteiger partial charge is 0.227 e. The van der Waals surface area contributed by atoms with E-state index < -0.39 is 6.10 Å². The zero-order valence-electron chi connectivity index (χ0n) is 21.2. The normalized spacial score (nSPS) is 12.2. The minimum absolute atomic E-state index is 0.200. The standard InChI is InChI=1S/C30H35N3O3/c1-4-29-28(21-32(23(2)3)20-25(34)22-35-26-16-10-6-11-17-26)30(36-27-18-12-7-13-19-27)33(31-29)24-14-8-5-9-15-24/h5-19,23,25,34H,4,20-22H2,1-3H3/t25-/m1/s1. The van der Waals surface area contributed by atoms with Crippen molar-refractivity contribution in [1.82, 2.24) is 14.7 Å². The van der Waals surface area contributed by atoms with Crippen LogP contribution in [0.1, 0.15) is 32.0 Å². The molecular formula is C30H35N3O3. The number of ether oxygens (including phenoxy) is 2. The summed E-state index contributed by atoms with van der Waals surface area (Å²) in [5.41, 5.74) is 2.94. The van der Waals surface area contributed by atoms with Crippen molar-refractivity contribution >= 4 is 0 Å². The highest BCUT2D eigenvalue weighted by molar-refractivity contribution is 5.43. The number of aryl methyl sites for hydroxylation is 1. The van der Waals surface area contributed by atoms with Crippen molar-refractivity contribution in [2.75, 3.05) is 13.2 Å². The molecule has 0 saturated carbocycles. The average molecular weight is 486 g/mol. The first kappa shape index (κ1) is 25.5. The molecule has 1 aromatic heterocycles. The SMILES string of the molecule is CCc1nn(-c2ccccc2)c(Oc2ccccc2)c1CN(C[C@@H](O)COc1ccccc1)C(C)C. The molecule has 0 aliphatic heterocycles. The van der Waals surface area contributed by atoms with Crippen LogP contribution < -0.4 is 9.47 Å². The molecule has 0 radical (unpaired) electrons. The maximum atomic E-state index is 10.8. The van der Waals surface area contributed by atoms with Crippen LogP contribution >= 0.6 is 0 Å². The Kier molecular flexibility index (Phi) is 8.76. The highest BCUT2D eigenvalue weighted by atomic mass is 16.5. The van der Waals surface area contributed by atoms with E-state index in [4.69, 9.17) is 14.6 Å².